The zero-order valence-corrected chi connectivity index (χ0v) is 19.5. The number of fused-ring (bicyclic) bond motifs is 1. The topological polar surface area (TPSA) is 122 Å². The number of rotatable bonds is 9. The van der Waals surface area contributed by atoms with Crippen LogP contribution < -0.4 is 16.4 Å². The van der Waals surface area contributed by atoms with Crippen molar-refractivity contribution in [1.82, 2.24) is 10.6 Å². The number of nitrogens with two attached hydrogens (primary N) is 1. The molecule has 7 nitrogen and oxygen atoms in total. The Kier molecular flexibility index (Phi) is 7.72. The Hall–Kier alpha value is -4.49. The summed E-state index contributed by atoms with van der Waals surface area (Å²) in [5.41, 5.74) is 7.38. The van der Waals surface area contributed by atoms with Gasteiger partial charge >= 0.3 is 0 Å². The third kappa shape index (κ3) is 5.76. The van der Waals surface area contributed by atoms with Gasteiger partial charge in [-0.15, -0.1) is 0 Å². The zero-order chi connectivity index (χ0) is 25.5. The molecule has 4 aromatic rings. The minimum atomic E-state index is -1.67. The van der Waals surface area contributed by atoms with Crippen molar-refractivity contribution in [2.75, 3.05) is 0 Å². The van der Waals surface area contributed by atoms with Crippen molar-refractivity contribution in [3.8, 4) is 0 Å². The minimum Gasteiger partial charge on any atom is -0.381 e. The van der Waals surface area contributed by atoms with Crippen molar-refractivity contribution in [1.29, 1.82) is 0 Å². The van der Waals surface area contributed by atoms with E-state index in [1.54, 1.807) is 60.7 Å². The Morgan fingerprint density at radius 3 is 2.06 bits per heavy atom. The molecule has 0 saturated heterocycles. The summed E-state index contributed by atoms with van der Waals surface area (Å²) in [6.07, 6.45) is -1.52. The Morgan fingerprint density at radius 1 is 0.750 bits per heavy atom. The number of primary amides is 1. The van der Waals surface area contributed by atoms with Gasteiger partial charge in [-0.1, -0.05) is 91.0 Å². The molecule has 0 unspecified atom stereocenters. The molecule has 0 bridgehead atoms. The third-order valence-corrected chi connectivity index (χ3v) is 6.03. The van der Waals surface area contributed by atoms with Crippen LogP contribution in [0.3, 0.4) is 0 Å². The second kappa shape index (κ2) is 11.3. The van der Waals surface area contributed by atoms with Gasteiger partial charge in [0, 0.05) is 12.0 Å². The molecule has 0 fully saturated rings. The fourth-order valence-electron chi connectivity index (χ4n) is 4.14. The minimum absolute atomic E-state index is 0.154. The quantitative estimate of drug-likeness (QED) is 0.294. The average Bonchev–Trinajstić information content (AvgIpc) is 2.91. The zero-order valence-electron chi connectivity index (χ0n) is 19.5. The van der Waals surface area contributed by atoms with Crippen molar-refractivity contribution < 1.29 is 19.5 Å². The summed E-state index contributed by atoms with van der Waals surface area (Å²) in [5.74, 6) is -1.99. The Labute approximate surface area is 209 Å². The number of aliphatic hydroxyl groups is 1. The molecule has 0 aromatic heterocycles. The number of amides is 3. The predicted molar refractivity (Wildman–Crippen MR) is 138 cm³/mol. The highest BCUT2D eigenvalue weighted by atomic mass is 16.3. The highest BCUT2D eigenvalue weighted by Gasteiger charge is 2.32. The van der Waals surface area contributed by atoms with Crippen LogP contribution in [0, 0.1) is 0 Å². The first-order chi connectivity index (χ1) is 17.4. The van der Waals surface area contributed by atoms with Gasteiger partial charge in [-0.2, -0.15) is 0 Å². The SMILES string of the molecule is NC(=O)[C@@H](Cc1cccc2ccccc12)NC(=O)[C@H](O)[C@@H](NC(=O)c1ccccc1)c1ccccc1. The summed E-state index contributed by atoms with van der Waals surface area (Å²) in [6, 6.07) is 28.5. The Morgan fingerprint density at radius 2 is 1.36 bits per heavy atom. The van der Waals surface area contributed by atoms with Crippen LogP contribution in [-0.4, -0.2) is 35.0 Å². The molecule has 4 aromatic carbocycles. The van der Waals surface area contributed by atoms with Gasteiger partial charge in [-0.25, -0.2) is 0 Å². The number of hydrogen-bond donors (Lipinski definition) is 4. The molecular formula is C29H27N3O4. The number of hydrogen-bond acceptors (Lipinski definition) is 4. The van der Waals surface area contributed by atoms with E-state index in [0.717, 1.165) is 16.3 Å². The second-order valence-corrected chi connectivity index (χ2v) is 8.48. The first-order valence-electron chi connectivity index (χ1n) is 11.6. The summed E-state index contributed by atoms with van der Waals surface area (Å²) in [4.78, 5) is 38.2. The molecule has 7 heteroatoms. The molecule has 4 rings (SSSR count). The van der Waals surface area contributed by atoms with E-state index in [4.69, 9.17) is 5.73 Å². The highest BCUT2D eigenvalue weighted by molar-refractivity contribution is 5.95. The van der Waals surface area contributed by atoms with Crippen molar-refractivity contribution in [3.05, 3.63) is 120 Å². The number of benzene rings is 4. The van der Waals surface area contributed by atoms with Crippen LogP contribution in [-0.2, 0) is 16.0 Å². The molecule has 0 aliphatic heterocycles. The van der Waals surface area contributed by atoms with Crippen LogP contribution in [0.4, 0.5) is 0 Å². The summed E-state index contributed by atoms with van der Waals surface area (Å²) in [5, 5.41) is 18.3. The molecule has 0 aliphatic carbocycles. The lowest BCUT2D eigenvalue weighted by Gasteiger charge is -2.26. The van der Waals surface area contributed by atoms with Crippen LogP contribution in [0.15, 0.2) is 103 Å². The number of carbonyl (C=O) groups is 3. The maximum Gasteiger partial charge on any atom is 0.252 e. The van der Waals surface area contributed by atoms with Crippen molar-refractivity contribution in [2.24, 2.45) is 5.73 Å². The van der Waals surface area contributed by atoms with E-state index in [-0.39, 0.29) is 6.42 Å². The van der Waals surface area contributed by atoms with Gasteiger partial charge in [-0.3, -0.25) is 14.4 Å². The molecule has 0 radical (unpaired) electrons. The number of nitrogens with one attached hydrogen (secondary N) is 2. The maximum atomic E-state index is 13.1. The monoisotopic (exact) mass is 481 g/mol. The van der Waals surface area contributed by atoms with Gasteiger partial charge in [0.25, 0.3) is 11.8 Å². The van der Waals surface area contributed by atoms with Gasteiger partial charge in [0.2, 0.25) is 5.91 Å². The molecule has 36 heavy (non-hydrogen) atoms. The lowest BCUT2D eigenvalue weighted by atomic mass is 9.97. The molecular weight excluding hydrogens is 454 g/mol. The molecule has 5 N–H and O–H groups in total. The summed E-state index contributed by atoms with van der Waals surface area (Å²) >= 11 is 0. The molecule has 0 spiro atoms. The fraction of sp³-hybridized carbons (Fsp3) is 0.138. The molecule has 3 atom stereocenters. The first-order valence-corrected chi connectivity index (χ1v) is 11.6. The van der Waals surface area contributed by atoms with Crippen LogP contribution in [0.5, 0.6) is 0 Å². The highest BCUT2D eigenvalue weighted by Crippen LogP contribution is 2.21. The normalized spacial score (nSPS) is 13.4. The smallest absolute Gasteiger partial charge is 0.252 e. The van der Waals surface area contributed by atoms with E-state index in [9.17, 15) is 19.5 Å². The molecule has 182 valence electrons. The maximum absolute atomic E-state index is 13.1. The van der Waals surface area contributed by atoms with E-state index >= 15 is 0 Å². The van der Waals surface area contributed by atoms with E-state index < -0.39 is 35.9 Å². The Balaban J connectivity index is 1.55. The fourth-order valence-corrected chi connectivity index (χ4v) is 4.14. The molecule has 0 saturated carbocycles. The summed E-state index contributed by atoms with van der Waals surface area (Å²) < 4.78 is 0. The molecule has 3 amide bonds. The summed E-state index contributed by atoms with van der Waals surface area (Å²) in [7, 11) is 0. The molecule has 0 aliphatic rings. The lowest BCUT2D eigenvalue weighted by molar-refractivity contribution is -0.134. The lowest BCUT2D eigenvalue weighted by Crippen LogP contribution is -2.52. The van der Waals surface area contributed by atoms with Crippen molar-refractivity contribution in [2.45, 2.75) is 24.6 Å². The van der Waals surface area contributed by atoms with Crippen LogP contribution in [0.2, 0.25) is 0 Å². The standard InChI is InChI=1S/C29H27N3O4/c30-27(34)24(18-22-16-9-15-19-10-7-8-17-23(19)22)31-29(36)26(33)25(20-11-3-1-4-12-20)32-28(35)21-13-5-2-6-14-21/h1-17,24-26,33H,18H2,(H2,30,34)(H,31,36)(H,32,35)/t24-,25+,26-/m1/s1. The number of aliphatic hydroxyl groups excluding tert-OH is 1. The van der Waals surface area contributed by atoms with Gasteiger partial charge in [0.15, 0.2) is 6.10 Å². The third-order valence-electron chi connectivity index (χ3n) is 6.03. The van der Waals surface area contributed by atoms with Crippen LogP contribution in [0.1, 0.15) is 27.5 Å². The van der Waals surface area contributed by atoms with Crippen molar-refractivity contribution in [3.63, 3.8) is 0 Å². The van der Waals surface area contributed by atoms with Gasteiger partial charge < -0.3 is 21.5 Å². The van der Waals surface area contributed by atoms with Crippen LogP contribution >= 0.6 is 0 Å². The summed E-state index contributed by atoms with van der Waals surface area (Å²) in [6.45, 7) is 0. The predicted octanol–water partition coefficient (Wildman–Crippen LogP) is 2.88. The van der Waals surface area contributed by atoms with Crippen molar-refractivity contribution >= 4 is 28.5 Å². The average molecular weight is 482 g/mol. The van der Waals surface area contributed by atoms with E-state index in [1.807, 2.05) is 42.5 Å². The van der Waals surface area contributed by atoms with Gasteiger partial charge in [0.1, 0.15) is 6.04 Å². The van der Waals surface area contributed by atoms with Crippen LogP contribution in [0.25, 0.3) is 10.8 Å². The number of carbonyl (C=O) groups excluding carboxylic acids is 3. The largest absolute Gasteiger partial charge is 0.381 e. The van der Waals surface area contributed by atoms with Gasteiger partial charge in [0.05, 0.1) is 6.04 Å². The van der Waals surface area contributed by atoms with E-state index in [0.29, 0.717) is 11.1 Å². The van der Waals surface area contributed by atoms with Gasteiger partial charge in [-0.05, 0) is 34.0 Å². The first kappa shape index (κ1) is 24.6. The molecule has 0 heterocycles. The van der Waals surface area contributed by atoms with E-state index in [2.05, 4.69) is 10.6 Å². The van der Waals surface area contributed by atoms with E-state index in [1.165, 1.54) is 0 Å². The second-order valence-electron chi connectivity index (χ2n) is 8.48. The Bertz CT molecular complexity index is 1350.